The third kappa shape index (κ3) is 3.89. The third-order valence-electron chi connectivity index (χ3n) is 5.15. The average molecular weight is 421 g/mol. The van der Waals surface area contributed by atoms with Gasteiger partial charge < -0.3 is 4.90 Å². The Labute approximate surface area is 169 Å². The maximum atomic E-state index is 12.1. The summed E-state index contributed by atoms with van der Waals surface area (Å²) >= 11 is 7.69. The van der Waals surface area contributed by atoms with Gasteiger partial charge in [0, 0.05) is 16.5 Å². The normalized spacial score (nSPS) is 23.4. The number of fused-ring (bicyclic) bond motifs is 1. The quantitative estimate of drug-likeness (QED) is 0.745. The van der Waals surface area contributed by atoms with Crippen LogP contribution in [0.1, 0.15) is 16.7 Å². The van der Waals surface area contributed by atoms with Crippen LogP contribution >= 0.6 is 23.4 Å². The van der Waals surface area contributed by atoms with E-state index in [0.29, 0.717) is 5.02 Å². The standard InChI is InChI=1S/C20H21ClN2O2S2/c1-13-3-4-15(9-14(13)2)10-26-20-22-18-11-27(24,25)12-19(18)23(20)17-7-5-16(21)6-8-17/h3-9,18-19H,10-12H2,1-2H3/t18-,19+/m0/s1. The Bertz CT molecular complexity index is 1000. The minimum atomic E-state index is -3.04. The van der Waals surface area contributed by atoms with Crippen molar-refractivity contribution in [2.45, 2.75) is 31.7 Å². The Morgan fingerprint density at radius 3 is 2.56 bits per heavy atom. The Hall–Kier alpha value is -1.50. The van der Waals surface area contributed by atoms with Crippen LogP contribution in [0.15, 0.2) is 47.5 Å². The van der Waals surface area contributed by atoms with Crippen molar-refractivity contribution in [3.8, 4) is 0 Å². The van der Waals surface area contributed by atoms with Crippen molar-refractivity contribution in [3.05, 3.63) is 64.2 Å². The molecule has 7 heteroatoms. The summed E-state index contributed by atoms with van der Waals surface area (Å²) in [5.74, 6) is 1.09. The molecule has 2 aromatic rings. The molecule has 0 aliphatic carbocycles. The minimum Gasteiger partial charge on any atom is -0.315 e. The van der Waals surface area contributed by atoms with Crippen LogP contribution in [0.5, 0.6) is 0 Å². The fraction of sp³-hybridized carbons (Fsp3) is 0.350. The van der Waals surface area contributed by atoms with Crippen molar-refractivity contribution in [1.29, 1.82) is 0 Å². The maximum absolute atomic E-state index is 12.1. The molecular formula is C20H21ClN2O2S2. The molecule has 2 aromatic carbocycles. The first-order chi connectivity index (χ1) is 12.8. The molecule has 0 radical (unpaired) electrons. The molecule has 2 aliphatic rings. The van der Waals surface area contributed by atoms with E-state index in [0.717, 1.165) is 16.6 Å². The SMILES string of the molecule is Cc1ccc(CSC2=N[C@H]3CS(=O)(=O)C[C@H]3N2c2ccc(Cl)cc2)cc1C. The van der Waals surface area contributed by atoms with Crippen LogP contribution in [0, 0.1) is 13.8 Å². The van der Waals surface area contributed by atoms with Crippen LogP contribution in [0.4, 0.5) is 5.69 Å². The lowest BCUT2D eigenvalue weighted by Gasteiger charge is -2.26. The van der Waals surface area contributed by atoms with Crippen LogP contribution in [0.3, 0.4) is 0 Å². The smallest absolute Gasteiger partial charge is 0.164 e. The zero-order valence-corrected chi connectivity index (χ0v) is 17.6. The summed E-state index contributed by atoms with van der Waals surface area (Å²) in [5.41, 5.74) is 4.74. The van der Waals surface area contributed by atoms with Crippen molar-refractivity contribution >= 4 is 44.1 Å². The minimum absolute atomic E-state index is 0.126. The molecule has 4 rings (SSSR count). The molecule has 0 unspecified atom stereocenters. The first kappa shape index (κ1) is 18.8. The molecule has 0 N–H and O–H groups in total. The van der Waals surface area contributed by atoms with E-state index in [4.69, 9.17) is 16.6 Å². The monoisotopic (exact) mass is 420 g/mol. The van der Waals surface area contributed by atoms with Crippen LogP contribution < -0.4 is 4.90 Å². The zero-order chi connectivity index (χ0) is 19.2. The van der Waals surface area contributed by atoms with E-state index in [9.17, 15) is 8.42 Å². The highest BCUT2D eigenvalue weighted by atomic mass is 35.5. The molecule has 0 spiro atoms. The van der Waals surface area contributed by atoms with Gasteiger partial charge in [-0.3, -0.25) is 4.99 Å². The van der Waals surface area contributed by atoms with Gasteiger partial charge in [-0.1, -0.05) is 41.6 Å². The second-order valence-electron chi connectivity index (χ2n) is 7.18. The second kappa shape index (κ2) is 7.15. The van der Waals surface area contributed by atoms with Crippen molar-refractivity contribution < 1.29 is 8.42 Å². The highest BCUT2D eigenvalue weighted by Gasteiger charge is 2.47. The van der Waals surface area contributed by atoms with Gasteiger partial charge in [0.15, 0.2) is 15.0 Å². The summed E-state index contributed by atoms with van der Waals surface area (Å²) in [4.78, 5) is 6.85. The molecule has 0 amide bonds. The van der Waals surface area contributed by atoms with Crippen molar-refractivity contribution in [3.63, 3.8) is 0 Å². The fourth-order valence-corrected chi connectivity index (χ4v) is 6.61. The molecular weight excluding hydrogens is 400 g/mol. The number of halogens is 1. The Kier molecular flexibility index (Phi) is 4.99. The number of benzene rings is 2. The van der Waals surface area contributed by atoms with E-state index >= 15 is 0 Å². The molecule has 4 nitrogen and oxygen atoms in total. The number of nitrogens with zero attached hydrogens (tertiary/aromatic N) is 2. The van der Waals surface area contributed by atoms with Gasteiger partial charge in [0.2, 0.25) is 0 Å². The fourth-order valence-electron chi connectivity index (χ4n) is 3.58. The molecule has 2 heterocycles. The van der Waals surface area contributed by atoms with Gasteiger partial charge in [-0.05, 0) is 54.8 Å². The number of anilines is 1. The molecule has 2 aliphatic heterocycles. The first-order valence-electron chi connectivity index (χ1n) is 8.84. The molecule has 27 heavy (non-hydrogen) atoms. The maximum Gasteiger partial charge on any atom is 0.164 e. The van der Waals surface area contributed by atoms with Crippen LogP contribution in [-0.2, 0) is 15.6 Å². The van der Waals surface area contributed by atoms with Gasteiger partial charge in [0.1, 0.15) is 0 Å². The van der Waals surface area contributed by atoms with Crippen molar-refractivity contribution in [2.75, 3.05) is 16.4 Å². The summed E-state index contributed by atoms with van der Waals surface area (Å²) in [6.45, 7) is 4.23. The number of thioether (sulfide) groups is 1. The van der Waals surface area contributed by atoms with E-state index in [1.165, 1.54) is 16.7 Å². The summed E-state index contributed by atoms with van der Waals surface area (Å²) < 4.78 is 24.2. The van der Waals surface area contributed by atoms with Gasteiger partial charge in [0.05, 0.1) is 23.6 Å². The molecule has 1 saturated heterocycles. The number of amidine groups is 1. The number of aliphatic imine (C=N–C) groups is 1. The molecule has 1 fully saturated rings. The molecule has 2 atom stereocenters. The van der Waals surface area contributed by atoms with E-state index in [1.54, 1.807) is 11.8 Å². The van der Waals surface area contributed by atoms with Crippen molar-refractivity contribution in [1.82, 2.24) is 0 Å². The van der Waals surface area contributed by atoms with E-state index < -0.39 is 9.84 Å². The molecule has 142 valence electrons. The summed E-state index contributed by atoms with van der Waals surface area (Å²) in [6.07, 6.45) is 0. The van der Waals surface area contributed by atoms with E-state index in [2.05, 4.69) is 36.9 Å². The van der Waals surface area contributed by atoms with E-state index in [-0.39, 0.29) is 23.6 Å². The molecule has 0 bridgehead atoms. The van der Waals surface area contributed by atoms with Gasteiger partial charge in [-0.15, -0.1) is 0 Å². The largest absolute Gasteiger partial charge is 0.315 e. The Morgan fingerprint density at radius 1 is 1.11 bits per heavy atom. The predicted octanol–water partition coefficient (Wildman–Crippen LogP) is 4.23. The molecule has 0 aromatic heterocycles. The number of hydrogen-bond acceptors (Lipinski definition) is 5. The lowest BCUT2D eigenvalue weighted by Crippen LogP contribution is -2.39. The van der Waals surface area contributed by atoms with Gasteiger partial charge in [-0.2, -0.15) is 0 Å². The lowest BCUT2D eigenvalue weighted by atomic mass is 10.1. The third-order valence-corrected chi connectivity index (χ3v) is 8.14. The number of sulfone groups is 1. The first-order valence-corrected chi connectivity index (χ1v) is 12.0. The summed E-state index contributed by atoms with van der Waals surface area (Å²) in [6, 6.07) is 13.7. The highest BCUT2D eigenvalue weighted by molar-refractivity contribution is 8.13. The van der Waals surface area contributed by atoms with Crippen LogP contribution in [0.2, 0.25) is 5.02 Å². The molecule has 0 saturated carbocycles. The van der Waals surface area contributed by atoms with Crippen molar-refractivity contribution in [2.24, 2.45) is 4.99 Å². The summed E-state index contributed by atoms with van der Waals surface area (Å²) in [7, 11) is -3.04. The number of hydrogen-bond donors (Lipinski definition) is 0. The Balaban J connectivity index is 1.60. The lowest BCUT2D eigenvalue weighted by molar-refractivity contribution is 0.601. The number of rotatable bonds is 3. The topological polar surface area (TPSA) is 49.7 Å². The Morgan fingerprint density at radius 2 is 1.85 bits per heavy atom. The summed E-state index contributed by atoms with van der Waals surface area (Å²) in [5, 5.41) is 1.55. The van der Waals surface area contributed by atoms with Crippen LogP contribution in [0.25, 0.3) is 0 Å². The van der Waals surface area contributed by atoms with Crippen LogP contribution in [-0.4, -0.2) is 37.2 Å². The van der Waals surface area contributed by atoms with Gasteiger partial charge in [0.25, 0.3) is 0 Å². The van der Waals surface area contributed by atoms with E-state index in [1.807, 2.05) is 24.3 Å². The van der Waals surface area contributed by atoms with Gasteiger partial charge in [-0.25, -0.2) is 8.42 Å². The zero-order valence-electron chi connectivity index (χ0n) is 15.2. The average Bonchev–Trinajstić information content (AvgIpc) is 3.08. The highest BCUT2D eigenvalue weighted by Crippen LogP contribution is 2.36. The van der Waals surface area contributed by atoms with Gasteiger partial charge >= 0.3 is 0 Å². The number of aryl methyl sites for hydroxylation is 2. The predicted molar refractivity (Wildman–Crippen MR) is 115 cm³/mol. The second-order valence-corrected chi connectivity index (χ2v) is 10.7.